The molecule has 0 rings (SSSR count). The van der Waals surface area contributed by atoms with E-state index < -0.39 is 4.84 Å². The van der Waals surface area contributed by atoms with E-state index in [1.807, 2.05) is 6.92 Å². The van der Waals surface area contributed by atoms with Crippen LogP contribution in [-0.2, 0) is 4.79 Å². The Morgan fingerprint density at radius 1 is 1.55 bits per heavy atom. The number of rotatable bonds is 4. The first-order chi connectivity index (χ1) is 5.07. The summed E-state index contributed by atoms with van der Waals surface area (Å²) in [4.78, 5) is 9.90. The number of carbonyl (C=O) groups excluding carboxylic acids is 1. The van der Waals surface area contributed by atoms with Gasteiger partial charge in [-0.1, -0.05) is 36.5 Å². The first-order valence-electron chi connectivity index (χ1n) is 3.66. The van der Waals surface area contributed by atoms with Crippen molar-refractivity contribution in [3.05, 3.63) is 0 Å². The van der Waals surface area contributed by atoms with Crippen LogP contribution < -0.4 is 5.32 Å². The molecule has 0 fully saturated rings. The highest BCUT2D eigenvalue weighted by molar-refractivity contribution is 6.53. The molecule has 1 N–H and O–H groups in total. The minimum atomic E-state index is -0.950. The summed E-state index contributed by atoms with van der Waals surface area (Å²) in [7, 11) is 0. The van der Waals surface area contributed by atoms with Crippen molar-refractivity contribution in [3.63, 3.8) is 0 Å². The number of alkyl halides is 2. The quantitative estimate of drug-likeness (QED) is 0.688. The summed E-state index contributed by atoms with van der Waals surface area (Å²) in [5.74, 6) is -0.311. The Kier molecular flexibility index (Phi) is 5.69. The lowest BCUT2D eigenvalue weighted by Gasteiger charge is -2.12. The minimum absolute atomic E-state index is 0.160. The Bertz CT molecular complexity index is 128. The van der Waals surface area contributed by atoms with Crippen LogP contribution in [0.1, 0.15) is 26.7 Å². The highest BCUT2D eigenvalue weighted by atomic mass is 35.5. The maximum absolute atomic E-state index is 10.9. The van der Waals surface area contributed by atoms with Crippen LogP contribution in [0.3, 0.4) is 0 Å². The van der Waals surface area contributed by atoms with Gasteiger partial charge in [0, 0.05) is 6.04 Å². The summed E-state index contributed by atoms with van der Waals surface area (Å²) < 4.78 is 0. The summed E-state index contributed by atoms with van der Waals surface area (Å²) in [6.07, 6.45) is 1.99. The zero-order chi connectivity index (χ0) is 8.85. The van der Waals surface area contributed by atoms with E-state index in [1.54, 1.807) is 0 Å². The smallest absolute Gasteiger partial charge is 0.253 e. The van der Waals surface area contributed by atoms with Gasteiger partial charge < -0.3 is 5.32 Å². The van der Waals surface area contributed by atoms with Gasteiger partial charge in [-0.15, -0.1) is 0 Å². The monoisotopic (exact) mass is 197 g/mol. The number of nitrogens with one attached hydrogen (secondary N) is 1. The summed E-state index contributed by atoms with van der Waals surface area (Å²) in [5.41, 5.74) is 0. The van der Waals surface area contributed by atoms with E-state index in [9.17, 15) is 4.79 Å². The second kappa shape index (κ2) is 5.67. The molecular formula is C7H13Cl2NO. The standard InChI is InChI=1S/C7H13Cl2NO/c1-3-4-5(2)10-7(11)6(8)9/h5-6H,3-4H2,1-2H3,(H,10,11). The molecule has 0 aliphatic heterocycles. The van der Waals surface area contributed by atoms with E-state index in [0.717, 1.165) is 12.8 Å². The van der Waals surface area contributed by atoms with Gasteiger partial charge in [-0.25, -0.2) is 0 Å². The molecule has 0 aromatic heterocycles. The predicted octanol–water partition coefficient (Wildman–Crippen LogP) is 2.09. The molecular weight excluding hydrogens is 185 g/mol. The van der Waals surface area contributed by atoms with Crippen molar-refractivity contribution in [1.29, 1.82) is 0 Å². The zero-order valence-corrected chi connectivity index (χ0v) is 8.24. The van der Waals surface area contributed by atoms with E-state index in [2.05, 4.69) is 12.2 Å². The fourth-order valence-electron chi connectivity index (χ4n) is 0.811. The molecule has 66 valence electrons. The fraction of sp³-hybridized carbons (Fsp3) is 0.857. The van der Waals surface area contributed by atoms with E-state index in [-0.39, 0.29) is 11.9 Å². The van der Waals surface area contributed by atoms with Gasteiger partial charge in [0.2, 0.25) is 0 Å². The van der Waals surface area contributed by atoms with Gasteiger partial charge in [0.25, 0.3) is 5.91 Å². The molecule has 0 aliphatic carbocycles. The molecule has 0 heterocycles. The van der Waals surface area contributed by atoms with Crippen molar-refractivity contribution in [2.24, 2.45) is 0 Å². The molecule has 1 atom stereocenters. The Morgan fingerprint density at radius 3 is 2.45 bits per heavy atom. The molecule has 1 unspecified atom stereocenters. The Balaban J connectivity index is 3.57. The van der Waals surface area contributed by atoms with Gasteiger partial charge >= 0.3 is 0 Å². The minimum Gasteiger partial charge on any atom is -0.351 e. The first kappa shape index (κ1) is 11.1. The van der Waals surface area contributed by atoms with Crippen molar-refractivity contribution in [2.75, 3.05) is 0 Å². The van der Waals surface area contributed by atoms with Crippen LogP contribution in [-0.4, -0.2) is 16.8 Å². The topological polar surface area (TPSA) is 29.1 Å². The van der Waals surface area contributed by atoms with E-state index in [0.29, 0.717) is 0 Å². The van der Waals surface area contributed by atoms with Crippen LogP contribution in [0.25, 0.3) is 0 Å². The second-order valence-electron chi connectivity index (χ2n) is 2.50. The van der Waals surface area contributed by atoms with Gasteiger partial charge in [-0.3, -0.25) is 4.79 Å². The summed E-state index contributed by atoms with van der Waals surface area (Å²) in [5, 5.41) is 2.68. The van der Waals surface area contributed by atoms with Crippen molar-refractivity contribution >= 4 is 29.1 Å². The number of halogens is 2. The molecule has 0 saturated carbocycles. The Labute approximate surface area is 77.2 Å². The number of amides is 1. The molecule has 0 aliphatic rings. The van der Waals surface area contributed by atoms with Crippen molar-refractivity contribution in [2.45, 2.75) is 37.6 Å². The van der Waals surface area contributed by atoms with Crippen molar-refractivity contribution < 1.29 is 4.79 Å². The lowest BCUT2D eigenvalue weighted by atomic mass is 10.2. The number of carbonyl (C=O) groups is 1. The van der Waals surface area contributed by atoms with Crippen LogP contribution in [0.15, 0.2) is 0 Å². The van der Waals surface area contributed by atoms with Crippen LogP contribution in [0, 0.1) is 0 Å². The van der Waals surface area contributed by atoms with Crippen LogP contribution in [0.4, 0.5) is 0 Å². The summed E-state index contributed by atoms with van der Waals surface area (Å²) in [6.45, 7) is 3.99. The van der Waals surface area contributed by atoms with Gasteiger partial charge in [0.1, 0.15) is 0 Å². The highest BCUT2D eigenvalue weighted by Crippen LogP contribution is 2.02. The average Bonchev–Trinajstić information content (AvgIpc) is 1.87. The molecule has 0 aromatic carbocycles. The maximum Gasteiger partial charge on any atom is 0.253 e. The molecule has 0 aromatic rings. The van der Waals surface area contributed by atoms with Crippen LogP contribution in [0.2, 0.25) is 0 Å². The molecule has 11 heavy (non-hydrogen) atoms. The average molecular weight is 198 g/mol. The predicted molar refractivity (Wildman–Crippen MR) is 48.0 cm³/mol. The third-order valence-corrected chi connectivity index (χ3v) is 1.70. The Morgan fingerprint density at radius 2 is 2.09 bits per heavy atom. The molecule has 4 heteroatoms. The van der Waals surface area contributed by atoms with E-state index >= 15 is 0 Å². The number of hydrogen-bond acceptors (Lipinski definition) is 1. The third-order valence-electron chi connectivity index (χ3n) is 1.31. The maximum atomic E-state index is 10.9. The SMILES string of the molecule is CCCC(C)NC(=O)C(Cl)Cl. The fourth-order valence-corrected chi connectivity index (χ4v) is 0.937. The normalized spacial score (nSPS) is 13.2. The van der Waals surface area contributed by atoms with E-state index in [1.165, 1.54) is 0 Å². The van der Waals surface area contributed by atoms with Crippen molar-refractivity contribution in [3.8, 4) is 0 Å². The molecule has 0 bridgehead atoms. The molecule has 0 spiro atoms. The van der Waals surface area contributed by atoms with E-state index in [4.69, 9.17) is 23.2 Å². The lowest BCUT2D eigenvalue weighted by Crippen LogP contribution is -2.35. The lowest BCUT2D eigenvalue weighted by molar-refractivity contribution is -0.120. The highest BCUT2D eigenvalue weighted by Gasteiger charge is 2.12. The van der Waals surface area contributed by atoms with Crippen LogP contribution in [0.5, 0.6) is 0 Å². The zero-order valence-electron chi connectivity index (χ0n) is 6.73. The van der Waals surface area contributed by atoms with Gasteiger partial charge in [0.15, 0.2) is 4.84 Å². The first-order valence-corrected chi connectivity index (χ1v) is 4.53. The summed E-state index contributed by atoms with van der Waals surface area (Å²) >= 11 is 10.7. The molecule has 0 saturated heterocycles. The van der Waals surface area contributed by atoms with Gasteiger partial charge in [0.05, 0.1) is 0 Å². The molecule has 1 amide bonds. The molecule has 0 radical (unpaired) electrons. The third kappa shape index (κ3) is 5.33. The largest absolute Gasteiger partial charge is 0.351 e. The number of hydrogen-bond donors (Lipinski definition) is 1. The molecule has 2 nitrogen and oxygen atoms in total. The van der Waals surface area contributed by atoms with Gasteiger partial charge in [-0.2, -0.15) is 0 Å². The van der Waals surface area contributed by atoms with Crippen LogP contribution >= 0.6 is 23.2 Å². The van der Waals surface area contributed by atoms with Gasteiger partial charge in [-0.05, 0) is 13.3 Å². The Hall–Kier alpha value is 0.0500. The summed E-state index contributed by atoms with van der Waals surface area (Å²) in [6, 6.07) is 0.160. The van der Waals surface area contributed by atoms with Crippen molar-refractivity contribution in [1.82, 2.24) is 5.32 Å². The second-order valence-corrected chi connectivity index (χ2v) is 3.60.